The number of nitrogens with zero attached hydrogens (tertiary/aromatic N) is 4. The minimum atomic E-state index is -0.446. The lowest BCUT2D eigenvalue weighted by atomic mass is 9.95. The number of likely N-dealkylation sites (tertiary alicyclic amines) is 1. The highest BCUT2D eigenvalue weighted by atomic mass is 35.5. The SMILES string of the molecule is CN1CCC(C(=O)Nc2nc(-c3cc(Cl)c4ncccc4c3)c(-c3ccccc3)nc2N)CC1=O. The number of carbonyl (C=O) groups excluding carboxylic acids is 2. The molecule has 1 aliphatic heterocycles. The van der Waals surface area contributed by atoms with Gasteiger partial charge in [-0.15, -0.1) is 0 Å². The topological polar surface area (TPSA) is 114 Å². The van der Waals surface area contributed by atoms with Crippen molar-refractivity contribution in [3.63, 3.8) is 0 Å². The van der Waals surface area contributed by atoms with Crippen LogP contribution in [-0.4, -0.2) is 45.3 Å². The molecular weight excluding hydrogens is 464 g/mol. The lowest BCUT2D eigenvalue weighted by Gasteiger charge is -2.27. The number of hydrogen-bond donors (Lipinski definition) is 2. The maximum absolute atomic E-state index is 13.0. The second-order valence-corrected chi connectivity index (χ2v) is 8.96. The number of hydrogen-bond acceptors (Lipinski definition) is 6. The summed E-state index contributed by atoms with van der Waals surface area (Å²) in [6, 6.07) is 17.0. The van der Waals surface area contributed by atoms with Gasteiger partial charge in [-0.3, -0.25) is 14.6 Å². The number of aromatic nitrogens is 3. The predicted molar refractivity (Wildman–Crippen MR) is 137 cm³/mol. The van der Waals surface area contributed by atoms with E-state index >= 15 is 0 Å². The number of carbonyl (C=O) groups is 2. The normalized spacial score (nSPS) is 15.9. The fraction of sp³-hybridized carbons (Fsp3) is 0.192. The van der Waals surface area contributed by atoms with Crippen molar-refractivity contribution in [2.24, 2.45) is 5.92 Å². The van der Waals surface area contributed by atoms with Gasteiger partial charge >= 0.3 is 0 Å². The van der Waals surface area contributed by atoms with E-state index in [1.54, 1.807) is 24.2 Å². The Morgan fingerprint density at radius 1 is 1.09 bits per heavy atom. The summed E-state index contributed by atoms with van der Waals surface area (Å²) in [4.78, 5) is 40.4. The third kappa shape index (κ3) is 4.52. The number of amides is 2. The first-order chi connectivity index (χ1) is 16.9. The molecule has 1 atom stereocenters. The van der Waals surface area contributed by atoms with Crippen LogP contribution in [0.1, 0.15) is 12.8 Å². The number of rotatable bonds is 4. The monoisotopic (exact) mass is 486 g/mol. The molecule has 5 rings (SSSR count). The van der Waals surface area contributed by atoms with E-state index in [1.807, 2.05) is 48.5 Å². The van der Waals surface area contributed by atoms with Gasteiger partial charge in [-0.2, -0.15) is 0 Å². The molecule has 1 fully saturated rings. The van der Waals surface area contributed by atoms with Gasteiger partial charge in [-0.1, -0.05) is 48.0 Å². The molecule has 4 aromatic rings. The smallest absolute Gasteiger partial charge is 0.229 e. The zero-order valence-corrected chi connectivity index (χ0v) is 19.8. The summed E-state index contributed by atoms with van der Waals surface area (Å²) in [6.07, 6.45) is 2.41. The molecule has 0 spiro atoms. The minimum Gasteiger partial charge on any atom is -0.381 e. The first kappa shape index (κ1) is 22.7. The van der Waals surface area contributed by atoms with Crippen molar-refractivity contribution < 1.29 is 9.59 Å². The van der Waals surface area contributed by atoms with Crippen LogP contribution >= 0.6 is 11.6 Å². The van der Waals surface area contributed by atoms with Gasteiger partial charge in [-0.05, 0) is 24.6 Å². The van der Waals surface area contributed by atoms with E-state index in [4.69, 9.17) is 22.3 Å². The van der Waals surface area contributed by atoms with Crippen LogP contribution in [0.4, 0.5) is 11.6 Å². The fourth-order valence-electron chi connectivity index (χ4n) is 4.21. The number of benzene rings is 2. The lowest BCUT2D eigenvalue weighted by Crippen LogP contribution is -2.40. The Hall–Kier alpha value is -4.04. The van der Waals surface area contributed by atoms with Crippen LogP contribution in [0, 0.1) is 5.92 Å². The Morgan fingerprint density at radius 3 is 2.63 bits per heavy atom. The van der Waals surface area contributed by atoms with E-state index in [0.717, 1.165) is 10.9 Å². The fourth-order valence-corrected chi connectivity index (χ4v) is 4.48. The molecule has 2 aromatic heterocycles. The number of anilines is 2. The second kappa shape index (κ2) is 9.31. The molecule has 35 heavy (non-hydrogen) atoms. The first-order valence-electron chi connectivity index (χ1n) is 11.2. The van der Waals surface area contributed by atoms with Gasteiger partial charge in [0.15, 0.2) is 11.6 Å². The second-order valence-electron chi connectivity index (χ2n) is 8.55. The molecule has 1 aliphatic rings. The molecule has 0 aliphatic carbocycles. The summed E-state index contributed by atoms with van der Waals surface area (Å²) in [5.74, 6) is -0.563. The Morgan fingerprint density at radius 2 is 1.86 bits per heavy atom. The average molecular weight is 487 g/mol. The molecule has 8 nitrogen and oxygen atoms in total. The van der Waals surface area contributed by atoms with Crippen LogP contribution < -0.4 is 11.1 Å². The van der Waals surface area contributed by atoms with Crippen molar-refractivity contribution in [2.75, 3.05) is 24.6 Å². The standard InChI is InChI=1S/C26H23ClN6O2/c1-33-11-9-17(14-20(33)34)26(35)32-25-24(28)30-22(15-6-3-2-4-7-15)23(31-25)18-12-16-8-5-10-29-21(16)19(27)13-18/h2-8,10,12-13,17H,9,11,14H2,1H3,(H2,28,30)(H,31,32,35). The van der Waals surface area contributed by atoms with Gasteiger partial charge in [0, 0.05) is 48.6 Å². The summed E-state index contributed by atoms with van der Waals surface area (Å²) in [6.45, 7) is 0.528. The van der Waals surface area contributed by atoms with Crippen LogP contribution in [0.25, 0.3) is 33.4 Å². The quantitative estimate of drug-likeness (QED) is 0.442. The molecule has 3 N–H and O–H groups in total. The van der Waals surface area contributed by atoms with E-state index in [1.165, 1.54) is 0 Å². The molecule has 1 unspecified atom stereocenters. The number of fused-ring (bicyclic) bond motifs is 1. The van der Waals surface area contributed by atoms with E-state index < -0.39 is 5.92 Å². The molecule has 3 heterocycles. The molecule has 9 heteroatoms. The average Bonchev–Trinajstić information content (AvgIpc) is 2.87. The van der Waals surface area contributed by atoms with Gasteiger partial charge in [0.1, 0.15) is 0 Å². The molecule has 1 saturated heterocycles. The van der Waals surface area contributed by atoms with Crippen molar-refractivity contribution in [3.8, 4) is 22.5 Å². The van der Waals surface area contributed by atoms with E-state index in [9.17, 15) is 9.59 Å². The zero-order valence-electron chi connectivity index (χ0n) is 19.0. The van der Waals surface area contributed by atoms with Crippen LogP contribution in [0.15, 0.2) is 60.8 Å². The first-order valence-corrected chi connectivity index (χ1v) is 11.6. The van der Waals surface area contributed by atoms with Crippen molar-refractivity contribution in [1.82, 2.24) is 19.9 Å². The van der Waals surface area contributed by atoms with Crippen molar-refractivity contribution in [3.05, 3.63) is 65.8 Å². The summed E-state index contributed by atoms with van der Waals surface area (Å²) >= 11 is 6.55. The molecule has 2 aromatic carbocycles. The Labute approximate surface area is 207 Å². The summed E-state index contributed by atoms with van der Waals surface area (Å²) in [5.41, 5.74) is 9.56. The predicted octanol–water partition coefficient (Wildman–Crippen LogP) is 4.40. The van der Waals surface area contributed by atoms with Crippen molar-refractivity contribution >= 4 is 46.0 Å². The van der Waals surface area contributed by atoms with Crippen LogP contribution in [-0.2, 0) is 9.59 Å². The van der Waals surface area contributed by atoms with E-state index in [2.05, 4.69) is 15.3 Å². The number of halogens is 1. The molecule has 2 amide bonds. The molecule has 0 bridgehead atoms. The van der Waals surface area contributed by atoms with Gasteiger partial charge in [0.2, 0.25) is 11.8 Å². The summed E-state index contributed by atoms with van der Waals surface area (Å²) in [7, 11) is 1.73. The highest BCUT2D eigenvalue weighted by Crippen LogP contribution is 2.36. The van der Waals surface area contributed by atoms with E-state index in [-0.39, 0.29) is 29.9 Å². The Kier molecular flexibility index (Phi) is 6.05. The zero-order chi connectivity index (χ0) is 24.5. The van der Waals surface area contributed by atoms with Gasteiger partial charge in [-0.25, -0.2) is 9.97 Å². The third-order valence-corrected chi connectivity index (χ3v) is 6.46. The van der Waals surface area contributed by atoms with Crippen LogP contribution in [0.5, 0.6) is 0 Å². The maximum Gasteiger partial charge on any atom is 0.229 e. The number of nitrogens with two attached hydrogens (primary N) is 1. The van der Waals surface area contributed by atoms with Gasteiger partial charge in [0.25, 0.3) is 0 Å². The largest absolute Gasteiger partial charge is 0.381 e. The highest BCUT2D eigenvalue weighted by molar-refractivity contribution is 6.35. The summed E-state index contributed by atoms with van der Waals surface area (Å²) < 4.78 is 0. The van der Waals surface area contributed by atoms with Gasteiger partial charge in [0.05, 0.1) is 21.9 Å². The third-order valence-electron chi connectivity index (χ3n) is 6.17. The lowest BCUT2D eigenvalue weighted by molar-refractivity contribution is -0.137. The van der Waals surface area contributed by atoms with Crippen LogP contribution in [0.2, 0.25) is 5.02 Å². The molecule has 176 valence electrons. The molecule has 0 radical (unpaired) electrons. The minimum absolute atomic E-state index is 0.0602. The maximum atomic E-state index is 13.0. The highest BCUT2D eigenvalue weighted by Gasteiger charge is 2.29. The Balaban J connectivity index is 1.59. The number of piperidine rings is 1. The van der Waals surface area contributed by atoms with E-state index in [0.29, 0.717) is 40.5 Å². The number of pyridine rings is 1. The number of nitrogens with one attached hydrogen (secondary N) is 1. The van der Waals surface area contributed by atoms with Gasteiger partial charge < -0.3 is 16.0 Å². The Bertz CT molecular complexity index is 1440. The number of nitrogen functional groups attached to an aromatic ring is 1. The summed E-state index contributed by atoms with van der Waals surface area (Å²) in [5, 5.41) is 4.13. The van der Waals surface area contributed by atoms with Crippen molar-refractivity contribution in [1.29, 1.82) is 0 Å². The van der Waals surface area contributed by atoms with Crippen LogP contribution in [0.3, 0.4) is 0 Å². The molecule has 0 saturated carbocycles. The van der Waals surface area contributed by atoms with Crippen molar-refractivity contribution in [2.45, 2.75) is 12.8 Å². The molecular formula is C26H23ClN6O2.